The van der Waals surface area contributed by atoms with Gasteiger partial charge >= 0.3 is 5.97 Å². The molecule has 1 aromatic heterocycles. The quantitative estimate of drug-likeness (QED) is 0.843. The molecular formula is C13H17N3O3. The van der Waals surface area contributed by atoms with Crippen molar-refractivity contribution >= 4 is 11.9 Å². The molecule has 102 valence electrons. The van der Waals surface area contributed by atoms with Crippen LogP contribution in [-0.4, -0.2) is 64.5 Å². The maximum atomic E-state index is 12.3. The van der Waals surface area contributed by atoms with Crippen LogP contribution in [-0.2, 0) is 0 Å². The van der Waals surface area contributed by atoms with Crippen LogP contribution in [0.2, 0.25) is 0 Å². The topological polar surface area (TPSA) is 73.7 Å². The maximum Gasteiger partial charge on any atom is 0.354 e. The van der Waals surface area contributed by atoms with Gasteiger partial charge in [0.1, 0.15) is 11.4 Å². The van der Waals surface area contributed by atoms with E-state index in [4.69, 9.17) is 5.11 Å². The molecule has 1 aromatic rings. The van der Waals surface area contributed by atoms with E-state index in [-0.39, 0.29) is 17.3 Å². The van der Waals surface area contributed by atoms with E-state index in [1.165, 1.54) is 6.07 Å². The number of nitrogens with zero attached hydrogens (tertiary/aromatic N) is 3. The SMILES string of the molecule is CC1CN(C(=O)c2cccc(C(=O)O)n2)CCN1C. The highest BCUT2D eigenvalue weighted by Crippen LogP contribution is 2.11. The average Bonchev–Trinajstić information content (AvgIpc) is 2.41. The number of carboxylic acid groups (broad SMARTS) is 1. The van der Waals surface area contributed by atoms with Crippen molar-refractivity contribution in [1.82, 2.24) is 14.8 Å². The third-order valence-electron chi connectivity index (χ3n) is 3.43. The second-order valence-electron chi connectivity index (χ2n) is 4.79. The molecule has 1 atom stereocenters. The zero-order valence-corrected chi connectivity index (χ0v) is 11.0. The van der Waals surface area contributed by atoms with Crippen LogP contribution in [0.1, 0.15) is 27.9 Å². The number of likely N-dealkylation sites (N-methyl/N-ethyl adjacent to an activating group) is 1. The smallest absolute Gasteiger partial charge is 0.354 e. The Morgan fingerprint density at radius 3 is 2.63 bits per heavy atom. The molecule has 0 aliphatic carbocycles. The molecule has 6 nitrogen and oxygen atoms in total. The summed E-state index contributed by atoms with van der Waals surface area (Å²) in [6, 6.07) is 4.77. The van der Waals surface area contributed by atoms with Crippen LogP contribution in [0.4, 0.5) is 0 Å². The van der Waals surface area contributed by atoms with Gasteiger partial charge in [0, 0.05) is 25.7 Å². The molecule has 1 N–H and O–H groups in total. The molecule has 1 amide bonds. The lowest BCUT2D eigenvalue weighted by Gasteiger charge is -2.37. The highest BCUT2D eigenvalue weighted by molar-refractivity contribution is 5.94. The Hall–Kier alpha value is -1.95. The third kappa shape index (κ3) is 2.90. The van der Waals surface area contributed by atoms with Crippen molar-refractivity contribution in [2.45, 2.75) is 13.0 Å². The van der Waals surface area contributed by atoms with Gasteiger partial charge in [-0.2, -0.15) is 0 Å². The summed E-state index contributed by atoms with van der Waals surface area (Å²) in [4.78, 5) is 30.9. The van der Waals surface area contributed by atoms with Gasteiger partial charge in [0.15, 0.2) is 0 Å². The first-order valence-electron chi connectivity index (χ1n) is 6.19. The Kier molecular flexibility index (Phi) is 3.80. The third-order valence-corrected chi connectivity index (χ3v) is 3.43. The van der Waals surface area contributed by atoms with Gasteiger partial charge in [-0.15, -0.1) is 0 Å². The predicted molar refractivity (Wildman–Crippen MR) is 69.2 cm³/mol. The van der Waals surface area contributed by atoms with Crippen molar-refractivity contribution < 1.29 is 14.7 Å². The van der Waals surface area contributed by atoms with Gasteiger partial charge in [-0.05, 0) is 26.1 Å². The summed E-state index contributed by atoms with van der Waals surface area (Å²) in [5, 5.41) is 8.88. The Balaban J connectivity index is 2.16. The highest BCUT2D eigenvalue weighted by atomic mass is 16.4. The monoisotopic (exact) mass is 263 g/mol. The van der Waals surface area contributed by atoms with E-state index in [2.05, 4.69) is 16.8 Å². The van der Waals surface area contributed by atoms with Crippen LogP contribution >= 0.6 is 0 Å². The van der Waals surface area contributed by atoms with Crippen LogP contribution in [0.5, 0.6) is 0 Å². The lowest BCUT2D eigenvalue weighted by atomic mass is 10.2. The second-order valence-corrected chi connectivity index (χ2v) is 4.79. The zero-order chi connectivity index (χ0) is 14.0. The number of carbonyl (C=O) groups excluding carboxylic acids is 1. The lowest BCUT2D eigenvalue weighted by molar-refractivity contribution is 0.0566. The average molecular weight is 263 g/mol. The minimum atomic E-state index is -1.12. The number of carboxylic acids is 1. The lowest BCUT2D eigenvalue weighted by Crippen LogP contribution is -2.52. The van der Waals surface area contributed by atoms with Crippen molar-refractivity contribution in [2.75, 3.05) is 26.7 Å². The highest BCUT2D eigenvalue weighted by Gasteiger charge is 2.26. The summed E-state index contributed by atoms with van der Waals surface area (Å²) in [5.41, 5.74) is 0.0877. The van der Waals surface area contributed by atoms with Crippen LogP contribution < -0.4 is 0 Å². The van der Waals surface area contributed by atoms with E-state index in [1.54, 1.807) is 17.0 Å². The van der Waals surface area contributed by atoms with E-state index < -0.39 is 5.97 Å². The maximum absolute atomic E-state index is 12.3. The summed E-state index contributed by atoms with van der Waals surface area (Å²) in [6.07, 6.45) is 0. The summed E-state index contributed by atoms with van der Waals surface area (Å²) in [5.74, 6) is -1.33. The number of aromatic nitrogens is 1. The van der Waals surface area contributed by atoms with Gasteiger partial charge in [-0.1, -0.05) is 6.07 Å². The van der Waals surface area contributed by atoms with Gasteiger partial charge in [0.05, 0.1) is 0 Å². The molecule has 2 heterocycles. The fraction of sp³-hybridized carbons (Fsp3) is 0.462. The van der Waals surface area contributed by atoms with Crippen LogP contribution in [0.15, 0.2) is 18.2 Å². The van der Waals surface area contributed by atoms with Crippen molar-refractivity contribution in [3.8, 4) is 0 Å². The van der Waals surface area contributed by atoms with Crippen molar-refractivity contribution in [3.05, 3.63) is 29.6 Å². The Bertz CT molecular complexity index is 504. The van der Waals surface area contributed by atoms with Gasteiger partial charge in [-0.25, -0.2) is 9.78 Å². The van der Waals surface area contributed by atoms with Gasteiger partial charge < -0.3 is 14.9 Å². The van der Waals surface area contributed by atoms with E-state index in [0.29, 0.717) is 19.1 Å². The summed E-state index contributed by atoms with van der Waals surface area (Å²) < 4.78 is 0. The van der Waals surface area contributed by atoms with Crippen LogP contribution in [0.3, 0.4) is 0 Å². The molecule has 0 radical (unpaired) electrons. The first kappa shape index (κ1) is 13.5. The van der Waals surface area contributed by atoms with Gasteiger partial charge in [0.2, 0.25) is 0 Å². The van der Waals surface area contributed by atoms with Crippen molar-refractivity contribution in [1.29, 1.82) is 0 Å². The number of hydrogen-bond acceptors (Lipinski definition) is 4. The molecule has 6 heteroatoms. The molecule has 1 saturated heterocycles. The Morgan fingerprint density at radius 1 is 1.32 bits per heavy atom. The molecule has 2 rings (SSSR count). The molecule has 1 unspecified atom stereocenters. The molecular weight excluding hydrogens is 246 g/mol. The standard InChI is InChI=1S/C13H17N3O3/c1-9-8-16(7-6-15(9)2)12(17)10-4-3-5-11(14-10)13(18)19/h3-5,9H,6-8H2,1-2H3,(H,18,19). The first-order valence-corrected chi connectivity index (χ1v) is 6.19. The Morgan fingerprint density at radius 2 is 2.00 bits per heavy atom. The largest absolute Gasteiger partial charge is 0.477 e. The van der Waals surface area contributed by atoms with Crippen molar-refractivity contribution in [2.24, 2.45) is 0 Å². The van der Waals surface area contributed by atoms with E-state index >= 15 is 0 Å². The fourth-order valence-electron chi connectivity index (χ4n) is 2.07. The normalized spacial score (nSPS) is 20.3. The van der Waals surface area contributed by atoms with Crippen LogP contribution in [0, 0.1) is 0 Å². The molecule has 0 bridgehead atoms. The summed E-state index contributed by atoms with van der Waals surface area (Å²) in [6.45, 7) is 4.14. The van der Waals surface area contributed by atoms with Gasteiger partial charge in [0.25, 0.3) is 5.91 Å². The molecule has 0 spiro atoms. The van der Waals surface area contributed by atoms with E-state index in [9.17, 15) is 9.59 Å². The zero-order valence-electron chi connectivity index (χ0n) is 11.0. The number of rotatable bonds is 2. The number of pyridine rings is 1. The number of aromatic carboxylic acids is 1. The minimum Gasteiger partial charge on any atom is -0.477 e. The number of piperazine rings is 1. The molecule has 0 saturated carbocycles. The van der Waals surface area contributed by atoms with E-state index in [0.717, 1.165) is 6.54 Å². The van der Waals surface area contributed by atoms with Gasteiger partial charge in [-0.3, -0.25) is 4.79 Å². The Labute approximate surface area is 111 Å². The number of hydrogen-bond donors (Lipinski definition) is 1. The van der Waals surface area contributed by atoms with E-state index in [1.807, 2.05) is 7.05 Å². The number of amides is 1. The molecule has 19 heavy (non-hydrogen) atoms. The molecule has 1 fully saturated rings. The van der Waals surface area contributed by atoms with Crippen molar-refractivity contribution in [3.63, 3.8) is 0 Å². The fourth-order valence-corrected chi connectivity index (χ4v) is 2.07. The predicted octanol–water partition coefficient (Wildman–Crippen LogP) is 0.556. The summed E-state index contributed by atoms with van der Waals surface area (Å²) >= 11 is 0. The molecule has 1 aliphatic heterocycles. The molecule has 1 aliphatic rings. The molecule has 0 aromatic carbocycles. The summed E-state index contributed by atoms with van der Waals surface area (Å²) in [7, 11) is 2.02. The second kappa shape index (κ2) is 5.36. The first-order chi connectivity index (χ1) is 8.99. The van der Waals surface area contributed by atoms with Crippen LogP contribution in [0.25, 0.3) is 0 Å². The number of carbonyl (C=O) groups is 2. The minimum absolute atomic E-state index is 0.104.